The molecule has 2 aliphatic rings. The van der Waals surface area contributed by atoms with Gasteiger partial charge in [0.2, 0.25) is 11.9 Å². The van der Waals surface area contributed by atoms with E-state index in [-0.39, 0.29) is 0 Å². The molecule has 0 atom stereocenters. The predicted molar refractivity (Wildman–Crippen MR) is 111 cm³/mol. The molecule has 5 rings (SSSR count). The summed E-state index contributed by atoms with van der Waals surface area (Å²) in [6, 6.07) is 10.4. The minimum absolute atomic E-state index is 0.738. The standard InChI is InChI=1S/C22H24N6/c1-16-18(15-24-21(25-16)27-12-5-2-6-13-27)19-9-11-23-22(26-19)28-14-10-17-7-3-4-8-20(17)28/h3-4,7-9,11,15H,2,5-6,10,12-14H2,1H3. The molecular formula is C22H24N6. The van der Waals surface area contributed by atoms with Gasteiger partial charge in [0.25, 0.3) is 0 Å². The molecule has 1 saturated heterocycles. The topological polar surface area (TPSA) is 58.0 Å². The van der Waals surface area contributed by atoms with Crippen LogP contribution in [-0.4, -0.2) is 39.6 Å². The number of hydrogen-bond donors (Lipinski definition) is 0. The van der Waals surface area contributed by atoms with E-state index in [0.717, 1.165) is 54.9 Å². The van der Waals surface area contributed by atoms with Crippen LogP contribution in [0.15, 0.2) is 42.7 Å². The lowest BCUT2D eigenvalue weighted by Crippen LogP contribution is -2.31. The molecule has 0 spiro atoms. The summed E-state index contributed by atoms with van der Waals surface area (Å²) in [6.45, 7) is 5.04. The highest BCUT2D eigenvalue weighted by molar-refractivity contribution is 5.68. The van der Waals surface area contributed by atoms with E-state index in [4.69, 9.17) is 9.97 Å². The highest BCUT2D eigenvalue weighted by atomic mass is 15.3. The van der Waals surface area contributed by atoms with Crippen LogP contribution in [0.5, 0.6) is 0 Å². The fourth-order valence-electron chi connectivity index (χ4n) is 4.13. The van der Waals surface area contributed by atoms with Gasteiger partial charge >= 0.3 is 0 Å². The van der Waals surface area contributed by atoms with Crippen molar-refractivity contribution in [3.05, 3.63) is 54.0 Å². The number of fused-ring (bicyclic) bond motifs is 1. The molecule has 2 aromatic heterocycles. The van der Waals surface area contributed by atoms with Crippen LogP contribution < -0.4 is 9.80 Å². The van der Waals surface area contributed by atoms with E-state index in [9.17, 15) is 0 Å². The van der Waals surface area contributed by atoms with Crippen molar-refractivity contribution in [3.8, 4) is 11.3 Å². The number of piperidine rings is 1. The Morgan fingerprint density at radius 2 is 1.71 bits per heavy atom. The van der Waals surface area contributed by atoms with Gasteiger partial charge in [-0.1, -0.05) is 18.2 Å². The van der Waals surface area contributed by atoms with Gasteiger partial charge in [-0.3, -0.25) is 0 Å². The average molecular weight is 372 g/mol. The van der Waals surface area contributed by atoms with Crippen molar-refractivity contribution in [1.82, 2.24) is 19.9 Å². The van der Waals surface area contributed by atoms with Crippen LogP contribution in [0.3, 0.4) is 0 Å². The number of hydrogen-bond acceptors (Lipinski definition) is 6. The van der Waals surface area contributed by atoms with Crippen molar-refractivity contribution in [2.75, 3.05) is 29.4 Å². The Morgan fingerprint density at radius 1 is 0.857 bits per heavy atom. The SMILES string of the molecule is Cc1nc(N2CCCCC2)ncc1-c1ccnc(N2CCc3ccccc32)n1. The first-order valence-corrected chi connectivity index (χ1v) is 10.1. The second-order valence-electron chi connectivity index (χ2n) is 7.49. The number of aryl methyl sites for hydroxylation is 1. The van der Waals surface area contributed by atoms with Gasteiger partial charge in [-0.2, -0.15) is 0 Å². The lowest BCUT2D eigenvalue weighted by Gasteiger charge is -2.27. The van der Waals surface area contributed by atoms with E-state index < -0.39 is 0 Å². The van der Waals surface area contributed by atoms with E-state index in [1.807, 2.05) is 25.4 Å². The Bertz CT molecular complexity index is 996. The van der Waals surface area contributed by atoms with Crippen LogP contribution in [0.1, 0.15) is 30.5 Å². The summed E-state index contributed by atoms with van der Waals surface area (Å²) in [5.74, 6) is 1.57. The zero-order valence-corrected chi connectivity index (χ0v) is 16.2. The van der Waals surface area contributed by atoms with Crippen LogP contribution in [0, 0.1) is 6.92 Å². The number of rotatable bonds is 3. The fraction of sp³-hybridized carbons (Fsp3) is 0.364. The van der Waals surface area contributed by atoms with Gasteiger partial charge in [0.15, 0.2) is 0 Å². The maximum Gasteiger partial charge on any atom is 0.230 e. The molecule has 0 N–H and O–H groups in total. The molecule has 142 valence electrons. The maximum atomic E-state index is 4.85. The van der Waals surface area contributed by atoms with Crippen molar-refractivity contribution in [3.63, 3.8) is 0 Å². The summed E-state index contributed by atoms with van der Waals surface area (Å²) in [4.78, 5) is 23.3. The number of benzene rings is 1. The Hall–Kier alpha value is -3.02. The molecule has 0 saturated carbocycles. The van der Waals surface area contributed by atoms with Crippen molar-refractivity contribution in [1.29, 1.82) is 0 Å². The van der Waals surface area contributed by atoms with Crippen LogP contribution >= 0.6 is 0 Å². The molecule has 3 aromatic rings. The van der Waals surface area contributed by atoms with Crippen LogP contribution in [0.4, 0.5) is 17.6 Å². The number of para-hydroxylation sites is 1. The lowest BCUT2D eigenvalue weighted by atomic mass is 10.1. The third kappa shape index (κ3) is 3.09. The van der Waals surface area contributed by atoms with Gasteiger partial charge in [0.05, 0.1) is 11.4 Å². The molecule has 28 heavy (non-hydrogen) atoms. The van der Waals surface area contributed by atoms with E-state index in [0.29, 0.717) is 0 Å². The molecule has 4 heterocycles. The van der Waals surface area contributed by atoms with Gasteiger partial charge in [0, 0.05) is 43.3 Å². The largest absolute Gasteiger partial charge is 0.341 e. The van der Waals surface area contributed by atoms with E-state index in [1.54, 1.807) is 0 Å². The van der Waals surface area contributed by atoms with Crippen molar-refractivity contribution in [2.24, 2.45) is 0 Å². The van der Waals surface area contributed by atoms with Crippen LogP contribution in [0.2, 0.25) is 0 Å². The normalized spacial score (nSPS) is 16.3. The quantitative estimate of drug-likeness (QED) is 0.694. The molecule has 2 aliphatic heterocycles. The van der Waals surface area contributed by atoms with E-state index in [2.05, 4.69) is 44.0 Å². The second kappa shape index (κ2) is 7.19. The van der Waals surface area contributed by atoms with Gasteiger partial charge in [-0.25, -0.2) is 19.9 Å². The smallest absolute Gasteiger partial charge is 0.230 e. The number of nitrogens with zero attached hydrogens (tertiary/aromatic N) is 6. The Morgan fingerprint density at radius 3 is 2.57 bits per heavy atom. The third-order valence-electron chi connectivity index (χ3n) is 5.65. The van der Waals surface area contributed by atoms with Crippen LogP contribution in [-0.2, 0) is 6.42 Å². The van der Waals surface area contributed by atoms with Gasteiger partial charge in [-0.05, 0) is 50.3 Å². The fourth-order valence-corrected chi connectivity index (χ4v) is 4.13. The van der Waals surface area contributed by atoms with E-state index >= 15 is 0 Å². The molecule has 1 aromatic carbocycles. The van der Waals surface area contributed by atoms with Gasteiger partial charge in [0.1, 0.15) is 0 Å². The molecule has 1 fully saturated rings. The first-order chi connectivity index (χ1) is 13.8. The summed E-state index contributed by atoms with van der Waals surface area (Å²) >= 11 is 0. The average Bonchev–Trinajstić information content (AvgIpc) is 3.19. The first-order valence-electron chi connectivity index (χ1n) is 10.1. The first kappa shape index (κ1) is 17.1. The summed E-state index contributed by atoms with van der Waals surface area (Å²) in [5, 5.41) is 0. The summed E-state index contributed by atoms with van der Waals surface area (Å²) < 4.78 is 0. The predicted octanol–water partition coefficient (Wildman–Crippen LogP) is 3.93. The third-order valence-corrected chi connectivity index (χ3v) is 5.65. The van der Waals surface area contributed by atoms with Crippen molar-refractivity contribution < 1.29 is 0 Å². The molecule has 6 nitrogen and oxygen atoms in total. The number of aromatic nitrogens is 4. The molecule has 6 heteroatoms. The summed E-state index contributed by atoms with van der Waals surface area (Å²) in [5.41, 5.74) is 5.35. The van der Waals surface area contributed by atoms with Crippen molar-refractivity contribution in [2.45, 2.75) is 32.6 Å². The number of anilines is 3. The molecule has 0 amide bonds. The highest BCUT2D eigenvalue weighted by Gasteiger charge is 2.22. The zero-order chi connectivity index (χ0) is 18.9. The Kier molecular flexibility index (Phi) is 4.39. The molecule has 0 bridgehead atoms. The maximum absolute atomic E-state index is 4.85. The zero-order valence-electron chi connectivity index (χ0n) is 16.2. The summed E-state index contributed by atoms with van der Waals surface area (Å²) in [6.07, 6.45) is 8.51. The molecular weight excluding hydrogens is 348 g/mol. The van der Waals surface area contributed by atoms with Gasteiger partial charge < -0.3 is 9.80 Å². The minimum Gasteiger partial charge on any atom is -0.341 e. The van der Waals surface area contributed by atoms with Gasteiger partial charge in [-0.15, -0.1) is 0 Å². The second-order valence-corrected chi connectivity index (χ2v) is 7.49. The highest BCUT2D eigenvalue weighted by Crippen LogP contribution is 2.33. The Balaban J connectivity index is 1.45. The van der Waals surface area contributed by atoms with Crippen LogP contribution in [0.25, 0.3) is 11.3 Å². The molecule has 0 unspecified atom stereocenters. The monoisotopic (exact) mass is 372 g/mol. The molecule has 0 aliphatic carbocycles. The minimum atomic E-state index is 0.738. The van der Waals surface area contributed by atoms with Crippen molar-refractivity contribution >= 4 is 17.6 Å². The lowest BCUT2D eigenvalue weighted by molar-refractivity contribution is 0.568. The van der Waals surface area contributed by atoms with E-state index in [1.165, 1.54) is 30.5 Å². The summed E-state index contributed by atoms with van der Waals surface area (Å²) in [7, 11) is 0. The molecule has 0 radical (unpaired) electrons. The Labute approximate surface area is 165 Å².